The fourth-order valence-corrected chi connectivity index (χ4v) is 4.83. The Bertz CT molecular complexity index is 928. The van der Waals surface area contributed by atoms with Gasteiger partial charge in [-0.15, -0.1) is 0 Å². The van der Waals surface area contributed by atoms with Crippen LogP contribution in [0.25, 0.3) is 0 Å². The van der Waals surface area contributed by atoms with Crippen LogP contribution < -0.4 is 9.80 Å². The highest BCUT2D eigenvalue weighted by Crippen LogP contribution is 2.49. The molecule has 1 fully saturated rings. The molecule has 26 heavy (non-hydrogen) atoms. The van der Waals surface area contributed by atoms with Crippen molar-refractivity contribution in [3.63, 3.8) is 0 Å². The van der Waals surface area contributed by atoms with Gasteiger partial charge in [0.15, 0.2) is 5.78 Å². The highest BCUT2D eigenvalue weighted by Gasteiger charge is 2.41. The monoisotopic (exact) mass is 346 g/mol. The first kappa shape index (κ1) is 15.6. The van der Waals surface area contributed by atoms with Crippen LogP contribution in [0.1, 0.15) is 58.6 Å². The Kier molecular flexibility index (Phi) is 3.42. The Morgan fingerprint density at radius 1 is 0.923 bits per heavy atom. The summed E-state index contributed by atoms with van der Waals surface area (Å²) in [7, 11) is 1.82. The number of rotatable bonds is 1. The summed E-state index contributed by atoms with van der Waals surface area (Å²) in [6.07, 6.45) is 4.03. The number of fused-ring (bicyclic) bond motifs is 2. The van der Waals surface area contributed by atoms with E-state index in [1.165, 1.54) is 19.3 Å². The third-order valence-corrected chi connectivity index (χ3v) is 6.17. The van der Waals surface area contributed by atoms with Crippen LogP contribution >= 0.6 is 0 Å². The van der Waals surface area contributed by atoms with Gasteiger partial charge in [-0.2, -0.15) is 0 Å². The lowest BCUT2D eigenvalue weighted by molar-refractivity contribution is -0.118. The molecule has 2 heterocycles. The van der Waals surface area contributed by atoms with Crippen molar-refractivity contribution < 1.29 is 9.59 Å². The number of carbonyl (C=O) groups excluding carboxylic acids is 2. The average Bonchev–Trinajstić information content (AvgIpc) is 2.69. The predicted molar refractivity (Wildman–Crippen MR) is 102 cm³/mol. The van der Waals surface area contributed by atoms with E-state index in [1.807, 2.05) is 37.4 Å². The zero-order valence-corrected chi connectivity index (χ0v) is 15.0. The van der Waals surface area contributed by atoms with Crippen LogP contribution in [-0.4, -0.2) is 31.8 Å². The molecule has 0 bridgehead atoms. The lowest BCUT2D eigenvalue weighted by Crippen LogP contribution is -2.38. The maximum atomic E-state index is 13.5. The summed E-state index contributed by atoms with van der Waals surface area (Å²) < 4.78 is 0. The zero-order valence-electron chi connectivity index (χ0n) is 15.0. The van der Waals surface area contributed by atoms with Crippen molar-refractivity contribution in [3.05, 3.63) is 58.7 Å². The Morgan fingerprint density at radius 2 is 1.65 bits per heavy atom. The van der Waals surface area contributed by atoms with Crippen LogP contribution in [0.2, 0.25) is 0 Å². The fraction of sp³-hybridized carbons (Fsp3) is 0.364. The van der Waals surface area contributed by atoms with Crippen molar-refractivity contribution in [1.29, 1.82) is 0 Å². The number of hydrogen-bond acceptors (Lipinski definition) is 3. The fourth-order valence-electron chi connectivity index (χ4n) is 4.83. The summed E-state index contributed by atoms with van der Waals surface area (Å²) in [5, 5.41) is 0. The minimum Gasteiger partial charge on any atom is -0.371 e. The number of ketones is 1. The second kappa shape index (κ2) is 5.70. The quantitative estimate of drug-likeness (QED) is 0.790. The van der Waals surface area contributed by atoms with Crippen LogP contribution in [-0.2, 0) is 4.79 Å². The topological polar surface area (TPSA) is 40.6 Å². The number of anilines is 2. The van der Waals surface area contributed by atoms with E-state index in [9.17, 15) is 9.59 Å². The molecule has 4 nitrogen and oxygen atoms in total. The first-order chi connectivity index (χ1) is 12.7. The molecule has 1 unspecified atom stereocenters. The summed E-state index contributed by atoms with van der Waals surface area (Å²) in [6.45, 7) is 2.00. The number of hydrogen-bond donors (Lipinski definition) is 0. The summed E-state index contributed by atoms with van der Waals surface area (Å²) in [4.78, 5) is 30.1. The second-order valence-corrected chi connectivity index (χ2v) is 7.57. The van der Waals surface area contributed by atoms with E-state index in [4.69, 9.17) is 0 Å². The van der Waals surface area contributed by atoms with Gasteiger partial charge in [0.1, 0.15) is 0 Å². The third kappa shape index (κ3) is 2.08. The van der Waals surface area contributed by atoms with Crippen LogP contribution in [0.4, 0.5) is 11.4 Å². The Hall–Kier alpha value is -2.62. The molecule has 5 rings (SSSR count). The third-order valence-electron chi connectivity index (χ3n) is 6.17. The molecule has 0 radical (unpaired) electrons. The van der Waals surface area contributed by atoms with Crippen molar-refractivity contribution in [1.82, 2.24) is 0 Å². The standard InChI is InChI=1S/C22H22N2O2/c1-23-17-9-10-18(24-11-5-2-6-12-24)21-20(17)16(13-19(23)25)14-7-3-4-8-15(14)22(21)26/h3-4,7-10,16H,2,5-6,11-13H2,1H3. The van der Waals surface area contributed by atoms with E-state index >= 15 is 0 Å². The van der Waals surface area contributed by atoms with Gasteiger partial charge in [0, 0.05) is 49.4 Å². The largest absolute Gasteiger partial charge is 0.371 e. The lowest BCUT2D eigenvalue weighted by atomic mass is 9.72. The molecular formula is C22H22N2O2. The summed E-state index contributed by atoms with van der Waals surface area (Å²) in [5.74, 6) is 0.211. The first-order valence-electron chi connectivity index (χ1n) is 9.49. The average molecular weight is 346 g/mol. The van der Waals surface area contributed by atoms with Gasteiger partial charge in [-0.05, 0) is 42.5 Å². The molecule has 2 aliphatic heterocycles. The van der Waals surface area contributed by atoms with Crippen LogP contribution in [0.3, 0.4) is 0 Å². The number of piperidine rings is 1. The number of benzene rings is 2. The number of carbonyl (C=O) groups is 2. The van der Waals surface area contributed by atoms with Gasteiger partial charge in [0.05, 0.1) is 5.56 Å². The summed E-state index contributed by atoms with van der Waals surface area (Å²) >= 11 is 0. The summed E-state index contributed by atoms with van der Waals surface area (Å²) in [5.41, 5.74) is 5.59. The molecule has 0 saturated carbocycles. The first-order valence-corrected chi connectivity index (χ1v) is 9.49. The van der Waals surface area contributed by atoms with E-state index in [2.05, 4.69) is 11.0 Å². The van der Waals surface area contributed by atoms with Gasteiger partial charge in [0.2, 0.25) is 5.91 Å². The molecule has 132 valence electrons. The van der Waals surface area contributed by atoms with Crippen molar-refractivity contribution in [2.24, 2.45) is 0 Å². The maximum Gasteiger partial charge on any atom is 0.227 e. The van der Waals surface area contributed by atoms with Gasteiger partial charge in [-0.1, -0.05) is 24.3 Å². The molecule has 4 heteroatoms. The molecule has 1 amide bonds. The smallest absolute Gasteiger partial charge is 0.227 e. The zero-order chi connectivity index (χ0) is 17.8. The van der Waals surface area contributed by atoms with Crippen LogP contribution in [0.5, 0.6) is 0 Å². The molecule has 1 saturated heterocycles. The van der Waals surface area contributed by atoms with Crippen molar-refractivity contribution in [2.45, 2.75) is 31.6 Å². The van der Waals surface area contributed by atoms with Crippen LogP contribution in [0.15, 0.2) is 36.4 Å². The normalized spacial score (nSPS) is 21.5. The Morgan fingerprint density at radius 3 is 2.46 bits per heavy atom. The highest BCUT2D eigenvalue weighted by atomic mass is 16.2. The maximum absolute atomic E-state index is 13.5. The molecule has 3 aliphatic rings. The van der Waals surface area contributed by atoms with Crippen LogP contribution in [0, 0.1) is 0 Å². The highest BCUT2D eigenvalue weighted by molar-refractivity contribution is 6.18. The minimum absolute atomic E-state index is 0.0117. The van der Waals surface area contributed by atoms with Gasteiger partial charge < -0.3 is 9.80 Å². The Balaban J connectivity index is 1.78. The van der Waals surface area contributed by atoms with Crippen molar-refractivity contribution >= 4 is 23.1 Å². The molecule has 1 atom stereocenters. The van der Waals surface area contributed by atoms with Gasteiger partial charge >= 0.3 is 0 Å². The SMILES string of the molecule is CN1C(=O)CC2c3ccccc3C(=O)c3c(N4CCCCC4)ccc1c32. The number of amides is 1. The molecule has 0 spiro atoms. The molecule has 1 aliphatic carbocycles. The molecule has 2 aromatic carbocycles. The van der Waals surface area contributed by atoms with Crippen molar-refractivity contribution in [2.75, 3.05) is 29.9 Å². The second-order valence-electron chi connectivity index (χ2n) is 7.57. The molecule has 0 aromatic heterocycles. The molecule has 2 aromatic rings. The Labute approximate surface area is 153 Å². The van der Waals surface area contributed by atoms with Gasteiger partial charge in [-0.3, -0.25) is 9.59 Å². The van der Waals surface area contributed by atoms with E-state index in [1.54, 1.807) is 4.90 Å². The van der Waals surface area contributed by atoms with Gasteiger partial charge in [0.25, 0.3) is 0 Å². The minimum atomic E-state index is -0.0117. The van der Waals surface area contributed by atoms with E-state index in [0.717, 1.165) is 46.7 Å². The molecule has 0 N–H and O–H groups in total. The van der Waals surface area contributed by atoms with E-state index in [-0.39, 0.29) is 17.6 Å². The van der Waals surface area contributed by atoms with Crippen molar-refractivity contribution in [3.8, 4) is 0 Å². The summed E-state index contributed by atoms with van der Waals surface area (Å²) in [6, 6.07) is 11.9. The van der Waals surface area contributed by atoms with E-state index in [0.29, 0.717) is 6.42 Å². The lowest BCUT2D eigenvalue weighted by Gasteiger charge is -2.39. The van der Waals surface area contributed by atoms with E-state index < -0.39 is 0 Å². The predicted octanol–water partition coefficient (Wildman–Crippen LogP) is 3.72. The molecular weight excluding hydrogens is 324 g/mol. The number of nitrogens with zero attached hydrogens (tertiary/aromatic N) is 2. The van der Waals surface area contributed by atoms with Gasteiger partial charge in [-0.25, -0.2) is 0 Å².